The van der Waals surface area contributed by atoms with Crippen molar-refractivity contribution in [2.24, 2.45) is 5.41 Å². The predicted molar refractivity (Wildman–Crippen MR) is 87.7 cm³/mol. The monoisotopic (exact) mass is 307 g/mol. The highest BCUT2D eigenvalue weighted by atomic mass is 32.2. The van der Waals surface area contributed by atoms with E-state index < -0.39 is 11.4 Å². The molecule has 2 rings (SSSR count). The van der Waals surface area contributed by atoms with Gasteiger partial charge in [0.05, 0.1) is 5.41 Å². The highest BCUT2D eigenvalue weighted by molar-refractivity contribution is 7.98. The summed E-state index contributed by atoms with van der Waals surface area (Å²) in [6.45, 7) is 4.77. The summed E-state index contributed by atoms with van der Waals surface area (Å²) in [6.07, 6.45) is 5.39. The molecule has 1 aliphatic rings. The number of benzene rings is 1. The van der Waals surface area contributed by atoms with E-state index >= 15 is 0 Å². The minimum Gasteiger partial charge on any atom is -0.481 e. The van der Waals surface area contributed by atoms with Gasteiger partial charge in [-0.05, 0) is 56.3 Å². The molecule has 1 aliphatic heterocycles. The molecule has 1 aromatic rings. The Balaban J connectivity index is 1.92. The largest absolute Gasteiger partial charge is 0.481 e. The van der Waals surface area contributed by atoms with Crippen molar-refractivity contribution in [2.45, 2.75) is 44.0 Å². The summed E-state index contributed by atoms with van der Waals surface area (Å²) in [6, 6.07) is 8.67. The Hall–Kier alpha value is -1.00. The van der Waals surface area contributed by atoms with E-state index in [1.54, 1.807) is 11.8 Å². The second-order valence-electron chi connectivity index (χ2n) is 5.96. The Morgan fingerprint density at radius 1 is 1.29 bits per heavy atom. The Bertz CT molecular complexity index is 464. The number of carbonyl (C=O) groups is 1. The molecule has 1 heterocycles. The predicted octanol–water partition coefficient (Wildman–Crippen LogP) is 3.88. The zero-order chi connectivity index (χ0) is 15.3. The molecule has 4 heteroatoms. The number of hydrogen-bond donors (Lipinski definition) is 1. The van der Waals surface area contributed by atoms with Crippen molar-refractivity contribution in [3.8, 4) is 0 Å². The van der Waals surface area contributed by atoms with Crippen LogP contribution in [-0.2, 0) is 11.3 Å². The molecule has 0 radical (unpaired) electrons. The molecule has 0 unspecified atom stereocenters. The number of likely N-dealkylation sites (tertiary alicyclic amines) is 1. The Labute approximate surface area is 131 Å². The molecule has 116 valence electrons. The Kier molecular flexibility index (Phi) is 5.71. The van der Waals surface area contributed by atoms with Crippen LogP contribution in [0.4, 0.5) is 0 Å². The maximum Gasteiger partial charge on any atom is 0.309 e. The molecule has 1 N–H and O–H groups in total. The topological polar surface area (TPSA) is 40.5 Å². The van der Waals surface area contributed by atoms with Crippen molar-refractivity contribution in [1.29, 1.82) is 0 Å². The van der Waals surface area contributed by atoms with Crippen LogP contribution in [0.15, 0.2) is 29.2 Å². The van der Waals surface area contributed by atoms with Gasteiger partial charge in [0.2, 0.25) is 0 Å². The van der Waals surface area contributed by atoms with Gasteiger partial charge < -0.3 is 5.11 Å². The molecule has 0 aromatic heterocycles. The minimum absolute atomic E-state index is 0.478. The summed E-state index contributed by atoms with van der Waals surface area (Å²) in [5.41, 5.74) is 0.833. The number of thioether (sulfide) groups is 1. The lowest BCUT2D eigenvalue weighted by molar-refractivity contribution is -0.152. The minimum atomic E-state index is -0.603. The van der Waals surface area contributed by atoms with Gasteiger partial charge in [-0.25, -0.2) is 0 Å². The third-order valence-corrected chi connectivity index (χ3v) is 5.30. The summed E-state index contributed by atoms with van der Waals surface area (Å²) in [7, 11) is 0. The highest BCUT2D eigenvalue weighted by Crippen LogP contribution is 2.36. The lowest BCUT2D eigenvalue weighted by Gasteiger charge is -2.38. The summed E-state index contributed by atoms with van der Waals surface area (Å²) >= 11 is 1.75. The molecule has 0 atom stereocenters. The molecule has 0 bridgehead atoms. The average Bonchev–Trinajstić information content (AvgIpc) is 2.50. The van der Waals surface area contributed by atoms with Gasteiger partial charge >= 0.3 is 5.97 Å². The van der Waals surface area contributed by atoms with Crippen LogP contribution in [0.5, 0.6) is 0 Å². The molecule has 1 fully saturated rings. The zero-order valence-corrected chi connectivity index (χ0v) is 13.8. The van der Waals surface area contributed by atoms with E-state index in [0.29, 0.717) is 0 Å². The molecule has 3 nitrogen and oxygen atoms in total. The molecule has 0 amide bonds. The lowest BCUT2D eigenvalue weighted by atomic mass is 9.75. The van der Waals surface area contributed by atoms with Crippen molar-refractivity contribution < 1.29 is 9.90 Å². The number of carboxylic acids is 1. The summed E-state index contributed by atoms with van der Waals surface area (Å²) in [4.78, 5) is 15.2. The van der Waals surface area contributed by atoms with Crippen molar-refractivity contribution >= 4 is 17.7 Å². The fraction of sp³-hybridized carbons (Fsp3) is 0.588. The lowest BCUT2D eigenvalue weighted by Crippen LogP contribution is -2.44. The molecule has 0 spiro atoms. The Morgan fingerprint density at radius 3 is 2.38 bits per heavy atom. The van der Waals surface area contributed by atoms with Gasteiger partial charge in [-0.2, -0.15) is 0 Å². The highest BCUT2D eigenvalue weighted by Gasteiger charge is 2.40. The van der Waals surface area contributed by atoms with Gasteiger partial charge in [0, 0.05) is 11.4 Å². The number of hydrogen-bond acceptors (Lipinski definition) is 3. The summed E-state index contributed by atoms with van der Waals surface area (Å²) in [5, 5.41) is 9.53. The molecule has 0 aliphatic carbocycles. The van der Waals surface area contributed by atoms with E-state index in [4.69, 9.17) is 0 Å². The number of carboxylic acid groups (broad SMARTS) is 1. The number of rotatable bonds is 6. The second kappa shape index (κ2) is 7.32. The average molecular weight is 307 g/mol. The SMILES string of the molecule is CCCC1(C(=O)O)CCN(Cc2ccc(SC)cc2)CC1. The van der Waals surface area contributed by atoms with E-state index in [0.717, 1.165) is 45.3 Å². The number of nitrogens with zero attached hydrogens (tertiary/aromatic N) is 1. The first-order valence-corrected chi connectivity index (χ1v) is 8.91. The van der Waals surface area contributed by atoms with Crippen LogP contribution in [0.1, 0.15) is 38.2 Å². The maximum atomic E-state index is 11.6. The summed E-state index contributed by atoms with van der Waals surface area (Å²) in [5.74, 6) is -0.603. The van der Waals surface area contributed by atoms with Crippen LogP contribution < -0.4 is 0 Å². The van der Waals surface area contributed by atoms with Crippen LogP contribution in [0.25, 0.3) is 0 Å². The summed E-state index contributed by atoms with van der Waals surface area (Å²) < 4.78 is 0. The van der Waals surface area contributed by atoms with Gasteiger partial charge in [0.25, 0.3) is 0 Å². The molecular formula is C17H25NO2S. The number of aliphatic carboxylic acids is 1. The normalized spacial score (nSPS) is 18.6. The van der Waals surface area contributed by atoms with Crippen molar-refractivity contribution in [3.63, 3.8) is 0 Å². The standard InChI is InChI=1S/C17H25NO2S/c1-3-8-17(16(19)20)9-11-18(12-10-17)13-14-4-6-15(21-2)7-5-14/h4-7H,3,8-13H2,1-2H3,(H,19,20). The van der Waals surface area contributed by atoms with Gasteiger partial charge in [0.15, 0.2) is 0 Å². The van der Waals surface area contributed by atoms with Crippen LogP contribution in [-0.4, -0.2) is 35.3 Å². The fourth-order valence-corrected chi connectivity index (χ4v) is 3.59. The van der Waals surface area contributed by atoms with E-state index in [2.05, 4.69) is 42.3 Å². The van der Waals surface area contributed by atoms with Crippen LogP contribution in [0, 0.1) is 5.41 Å². The van der Waals surface area contributed by atoms with E-state index in [1.165, 1.54) is 10.5 Å². The quantitative estimate of drug-likeness (QED) is 0.810. The second-order valence-corrected chi connectivity index (χ2v) is 6.84. The van der Waals surface area contributed by atoms with Crippen molar-refractivity contribution in [2.75, 3.05) is 19.3 Å². The zero-order valence-electron chi connectivity index (χ0n) is 13.0. The van der Waals surface area contributed by atoms with Gasteiger partial charge in [-0.15, -0.1) is 11.8 Å². The number of piperidine rings is 1. The smallest absolute Gasteiger partial charge is 0.309 e. The van der Waals surface area contributed by atoms with Crippen molar-refractivity contribution in [3.05, 3.63) is 29.8 Å². The first-order valence-electron chi connectivity index (χ1n) is 7.68. The van der Waals surface area contributed by atoms with Crippen LogP contribution in [0.3, 0.4) is 0 Å². The van der Waals surface area contributed by atoms with Gasteiger partial charge in [-0.3, -0.25) is 9.69 Å². The maximum absolute atomic E-state index is 11.6. The van der Waals surface area contributed by atoms with E-state index in [1.807, 2.05) is 0 Å². The third-order valence-electron chi connectivity index (χ3n) is 4.56. The van der Waals surface area contributed by atoms with Gasteiger partial charge in [0.1, 0.15) is 0 Å². The van der Waals surface area contributed by atoms with Gasteiger partial charge in [-0.1, -0.05) is 25.5 Å². The van der Waals surface area contributed by atoms with E-state index in [-0.39, 0.29) is 0 Å². The van der Waals surface area contributed by atoms with Crippen LogP contribution >= 0.6 is 11.8 Å². The van der Waals surface area contributed by atoms with Crippen molar-refractivity contribution in [1.82, 2.24) is 4.90 Å². The molecule has 21 heavy (non-hydrogen) atoms. The Morgan fingerprint density at radius 2 is 1.90 bits per heavy atom. The van der Waals surface area contributed by atoms with E-state index in [9.17, 15) is 9.90 Å². The molecule has 1 aromatic carbocycles. The first kappa shape index (κ1) is 16.4. The molecule has 0 saturated carbocycles. The third kappa shape index (κ3) is 4.01. The fourth-order valence-electron chi connectivity index (χ4n) is 3.18. The van der Waals surface area contributed by atoms with Crippen LogP contribution in [0.2, 0.25) is 0 Å². The molecular weight excluding hydrogens is 282 g/mol. The first-order chi connectivity index (χ1) is 10.1. The molecule has 1 saturated heterocycles.